The van der Waals surface area contributed by atoms with Crippen LogP contribution < -0.4 is 5.32 Å². The van der Waals surface area contributed by atoms with Gasteiger partial charge < -0.3 is 9.88 Å². The number of thioether (sulfide) groups is 1. The van der Waals surface area contributed by atoms with E-state index < -0.39 is 0 Å². The second-order valence-corrected chi connectivity index (χ2v) is 8.10. The number of rotatable bonds is 7. The molecule has 0 spiro atoms. The Hall–Kier alpha value is -0.410. The maximum atomic E-state index is 3.51. The van der Waals surface area contributed by atoms with Crippen molar-refractivity contribution in [3.05, 3.63) is 24.0 Å². The zero-order chi connectivity index (χ0) is 13.6. The molecule has 1 aromatic heterocycles. The van der Waals surface area contributed by atoms with Crippen molar-refractivity contribution >= 4 is 11.8 Å². The first-order valence-corrected chi connectivity index (χ1v) is 7.86. The monoisotopic (exact) mass is 268 g/mol. The van der Waals surface area contributed by atoms with E-state index >= 15 is 0 Å². The first-order valence-electron chi connectivity index (χ1n) is 6.87. The van der Waals surface area contributed by atoms with Crippen LogP contribution in [0.2, 0.25) is 0 Å². The lowest BCUT2D eigenvalue weighted by atomic mass is 10.2. The van der Waals surface area contributed by atoms with Gasteiger partial charge in [-0.2, -0.15) is 11.8 Å². The molecule has 1 aromatic rings. The van der Waals surface area contributed by atoms with Gasteiger partial charge in [-0.3, -0.25) is 0 Å². The standard InChI is InChI=1S/C15H28N2S/c1-13(2)11-16-12-14-7-6-8-17(14)9-10-18-15(3,4)5/h6-8,13,16H,9-12H2,1-5H3. The van der Waals surface area contributed by atoms with E-state index in [1.165, 1.54) is 11.4 Å². The Bertz CT molecular complexity index is 337. The molecule has 18 heavy (non-hydrogen) atoms. The first-order chi connectivity index (χ1) is 8.38. The Morgan fingerprint density at radius 2 is 2.06 bits per heavy atom. The molecule has 0 aliphatic carbocycles. The molecule has 104 valence electrons. The van der Waals surface area contributed by atoms with Crippen LogP contribution in [0.15, 0.2) is 18.3 Å². The van der Waals surface area contributed by atoms with Crippen molar-refractivity contribution in [1.29, 1.82) is 0 Å². The maximum Gasteiger partial charge on any atom is 0.0359 e. The lowest BCUT2D eigenvalue weighted by Crippen LogP contribution is -2.21. The topological polar surface area (TPSA) is 17.0 Å². The van der Waals surface area contributed by atoms with Gasteiger partial charge in [-0.05, 0) is 24.6 Å². The van der Waals surface area contributed by atoms with Gasteiger partial charge in [0.2, 0.25) is 0 Å². The molecule has 0 unspecified atom stereocenters. The van der Waals surface area contributed by atoms with Gasteiger partial charge in [0.25, 0.3) is 0 Å². The predicted octanol–water partition coefficient (Wildman–Crippen LogP) is 3.77. The molecule has 0 aliphatic rings. The molecule has 0 atom stereocenters. The van der Waals surface area contributed by atoms with Crippen molar-refractivity contribution in [1.82, 2.24) is 9.88 Å². The zero-order valence-corrected chi connectivity index (χ0v) is 13.3. The first kappa shape index (κ1) is 15.6. The molecular formula is C15H28N2S. The van der Waals surface area contributed by atoms with Crippen LogP contribution in [-0.4, -0.2) is 21.6 Å². The lowest BCUT2D eigenvalue weighted by Gasteiger charge is -2.18. The van der Waals surface area contributed by atoms with Crippen LogP contribution in [0.1, 0.15) is 40.3 Å². The normalized spacial score (nSPS) is 12.3. The minimum atomic E-state index is 0.364. The number of aromatic nitrogens is 1. The third-order valence-corrected chi connectivity index (χ3v) is 3.90. The molecule has 1 rings (SSSR count). The number of aryl methyl sites for hydroxylation is 1. The van der Waals surface area contributed by atoms with Crippen LogP contribution in [0.5, 0.6) is 0 Å². The van der Waals surface area contributed by atoms with Crippen molar-refractivity contribution in [2.75, 3.05) is 12.3 Å². The van der Waals surface area contributed by atoms with Crippen LogP contribution in [-0.2, 0) is 13.1 Å². The van der Waals surface area contributed by atoms with E-state index in [1.807, 2.05) is 11.8 Å². The van der Waals surface area contributed by atoms with Gasteiger partial charge in [-0.25, -0.2) is 0 Å². The van der Waals surface area contributed by atoms with E-state index in [-0.39, 0.29) is 0 Å². The largest absolute Gasteiger partial charge is 0.349 e. The zero-order valence-electron chi connectivity index (χ0n) is 12.5. The summed E-state index contributed by atoms with van der Waals surface area (Å²) in [6.07, 6.45) is 2.19. The summed E-state index contributed by atoms with van der Waals surface area (Å²) in [6.45, 7) is 14.5. The van der Waals surface area contributed by atoms with Gasteiger partial charge >= 0.3 is 0 Å². The van der Waals surface area contributed by atoms with Gasteiger partial charge in [-0.15, -0.1) is 0 Å². The van der Waals surface area contributed by atoms with Gasteiger partial charge in [0.1, 0.15) is 0 Å². The van der Waals surface area contributed by atoms with Crippen LogP contribution in [0.4, 0.5) is 0 Å². The summed E-state index contributed by atoms with van der Waals surface area (Å²) in [4.78, 5) is 0. The van der Waals surface area contributed by atoms with Crippen molar-refractivity contribution in [2.45, 2.75) is 52.5 Å². The molecule has 0 aliphatic heterocycles. The molecule has 1 heterocycles. The fourth-order valence-electron chi connectivity index (χ4n) is 1.77. The molecule has 0 saturated heterocycles. The fraction of sp³-hybridized carbons (Fsp3) is 0.733. The molecule has 2 nitrogen and oxygen atoms in total. The summed E-state index contributed by atoms with van der Waals surface area (Å²) < 4.78 is 2.73. The molecule has 3 heteroatoms. The molecule has 0 aromatic carbocycles. The van der Waals surface area contributed by atoms with Gasteiger partial charge in [-0.1, -0.05) is 34.6 Å². The molecule has 0 fully saturated rings. The highest BCUT2D eigenvalue weighted by atomic mass is 32.2. The number of hydrogen-bond donors (Lipinski definition) is 1. The minimum Gasteiger partial charge on any atom is -0.349 e. The van der Waals surface area contributed by atoms with Crippen LogP contribution >= 0.6 is 11.8 Å². The molecular weight excluding hydrogens is 240 g/mol. The molecule has 1 N–H and O–H groups in total. The Morgan fingerprint density at radius 3 is 2.67 bits per heavy atom. The summed E-state index contributed by atoms with van der Waals surface area (Å²) in [5.74, 6) is 1.89. The Balaban J connectivity index is 2.35. The van der Waals surface area contributed by atoms with Crippen LogP contribution in [0.3, 0.4) is 0 Å². The van der Waals surface area contributed by atoms with Gasteiger partial charge in [0, 0.05) is 35.5 Å². The Kier molecular flexibility index (Phi) is 6.30. The summed E-state index contributed by atoms with van der Waals surface area (Å²) in [7, 11) is 0. The fourth-order valence-corrected chi connectivity index (χ4v) is 2.67. The summed E-state index contributed by atoms with van der Waals surface area (Å²) in [5.41, 5.74) is 1.39. The lowest BCUT2D eigenvalue weighted by molar-refractivity contribution is 0.537. The highest BCUT2D eigenvalue weighted by Gasteiger charge is 2.10. The van der Waals surface area contributed by atoms with Crippen molar-refractivity contribution in [3.8, 4) is 0 Å². The van der Waals surface area contributed by atoms with E-state index in [4.69, 9.17) is 0 Å². The molecule has 0 radical (unpaired) electrons. The van der Waals surface area contributed by atoms with E-state index in [0.717, 1.165) is 19.6 Å². The minimum absolute atomic E-state index is 0.364. The van der Waals surface area contributed by atoms with Crippen LogP contribution in [0, 0.1) is 5.92 Å². The summed E-state index contributed by atoms with van der Waals surface area (Å²) in [6, 6.07) is 4.36. The maximum absolute atomic E-state index is 3.51. The summed E-state index contributed by atoms with van der Waals surface area (Å²) >= 11 is 2.03. The smallest absolute Gasteiger partial charge is 0.0359 e. The second kappa shape index (κ2) is 7.25. The molecule has 0 bridgehead atoms. The second-order valence-electron chi connectivity index (χ2n) is 6.18. The van der Waals surface area contributed by atoms with E-state index in [9.17, 15) is 0 Å². The Labute approximate surface area is 117 Å². The van der Waals surface area contributed by atoms with Gasteiger partial charge in [0.05, 0.1) is 0 Å². The Morgan fingerprint density at radius 1 is 1.33 bits per heavy atom. The number of nitrogens with one attached hydrogen (secondary N) is 1. The third kappa shape index (κ3) is 6.50. The van der Waals surface area contributed by atoms with E-state index in [0.29, 0.717) is 10.7 Å². The quantitative estimate of drug-likeness (QED) is 0.811. The van der Waals surface area contributed by atoms with E-state index in [1.54, 1.807) is 0 Å². The SMILES string of the molecule is CC(C)CNCc1cccn1CCSC(C)(C)C. The van der Waals surface area contributed by atoms with Gasteiger partial charge in [0.15, 0.2) is 0 Å². The third-order valence-electron chi connectivity index (χ3n) is 2.65. The average molecular weight is 268 g/mol. The van der Waals surface area contributed by atoms with Crippen molar-refractivity contribution < 1.29 is 0 Å². The predicted molar refractivity (Wildman–Crippen MR) is 83.2 cm³/mol. The van der Waals surface area contributed by atoms with Crippen molar-refractivity contribution in [2.24, 2.45) is 5.92 Å². The average Bonchev–Trinajstić information content (AvgIpc) is 2.63. The van der Waals surface area contributed by atoms with Crippen molar-refractivity contribution in [3.63, 3.8) is 0 Å². The van der Waals surface area contributed by atoms with E-state index in [2.05, 4.69) is 62.8 Å². The summed E-state index contributed by atoms with van der Waals surface area (Å²) in [5, 5.41) is 3.51. The molecule has 0 amide bonds. The number of hydrogen-bond acceptors (Lipinski definition) is 2. The highest BCUT2D eigenvalue weighted by molar-refractivity contribution is 8.00. The number of nitrogens with zero attached hydrogens (tertiary/aromatic N) is 1. The highest BCUT2D eigenvalue weighted by Crippen LogP contribution is 2.23. The van der Waals surface area contributed by atoms with Crippen LogP contribution in [0.25, 0.3) is 0 Å². The molecule has 0 saturated carbocycles.